The topological polar surface area (TPSA) is 42.9 Å². The predicted molar refractivity (Wildman–Crippen MR) is 84.3 cm³/mol. The summed E-state index contributed by atoms with van der Waals surface area (Å²) in [5.41, 5.74) is 1.10. The number of nitrogens with one attached hydrogen (secondary N) is 1. The van der Waals surface area contributed by atoms with Gasteiger partial charge in [0.2, 0.25) is 0 Å². The van der Waals surface area contributed by atoms with Crippen LogP contribution >= 0.6 is 11.8 Å². The molecule has 4 nitrogen and oxygen atoms in total. The van der Waals surface area contributed by atoms with E-state index >= 15 is 0 Å². The van der Waals surface area contributed by atoms with E-state index in [9.17, 15) is 0 Å². The molecule has 20 heavy (non-hydrogen) atoms. The van der Waals surface area contributed by atoms with E-state index in [2.05, 4.69) is 5.32 Å². The zero-order valence-corrected chi connectivity index (χ0v) is 12.8. The molecule has 0 aromatic heterocycles. The molecule has 5 heteroatoms. The minimum absolute atomic E-state index is 0.194. The summed E-state index contributed by atoms with van der Waals surface area (Å²) in [5, 5.41) is 4.39. The molecule has 0 saturated heterocycles. The summed E-state index contributed by atoms with van der Waals surface area (Å²) in [4.78, 5) is 4.92. The number of rotatable bonds is 3. The quantitative estimate of drug-likeness (QED) is 0.925. The highest BCUT2D eigenvalue weighted by Gasteiger charge is 2.38. The summed E-state index contributed by atoms with van der Waals surface area (Å²) in [6, 6.07) is 5.75. The van der Waals surface area contributed by atoms with Crippen molar-refractivity contribution < 1.29 is 9.47 Å². The van der Waals surface area contributed by atoms with Gasteiger partial charge in [0.05, 0.1) is 25.4 Å². The van der Waals surface area contributed by atoms with Crippen LogP contribution in [-0.4, -0.2) is 30.7 Å². The number of benzene rings is 1. The molecule has 1 N–H and O–H groups in total. The molecule has 0 amide bonds. The molecule has 108 valence electrons. The number of amidine groups is 1. The Morgan fingerprint density at radius 3 is 2.70 bits per heavy atom. The molecule has 0 atom stereocenters. The van der Waals surface area contributed by atoms with Crippen molar-refractivity contribution in [2.24, 2.45) is 4.99 Å². The standard InChI is InChI=1S/C15H20N2O2S/c1-18-11-5-6-13(19-2)12(9-11)16-14-17-15(10-20-14)7-3-4-8-15/h5-6,9H,3-4,7-8,10H2,1-2H3,(H,16,17). The molecule has 1 aliphatic carbocycles. The Morgan fingerprint density at radius 1 is 1.20 bits per heavy atom. The maximum Gasteiger partial charge on any atom is 0.161 e. The van der Waals surface area contributed by atoms with E-state index < -0.39 is 0 Å². The molecule has 1 aromatic carbocycles. The molecular weight excluding hydrogens is 272 g/mol. The van der Waals surface area contributed by atoms with Gasteiger partial charge in [-0.3, -0.25) is 4.99 Å². The number of anilines is 1. The number of aliphatic imine (C=N–C) groups is 1. The van der Waals surface area contributed by atoms with Crippen LogP contribution in [-0.2, 0) is 0 Å². The molecule has 1 aliphatic heterocycles. The van der Waals surface area contributed by atoms with E-state index in [0.29, 0.717) is 0 Å². The van der Waals surface area contributed by atoms with Crippen molar-refractivity contribution >= 4 is 22.6 Å². The van der Waals surface area contributed by atoms with Crippen LogP contribution in [0.1, 0.15) is 25.7 Å². The molecule has 1 aromatic rings. The lowest BCUT2D eigenvalue weighted by molar-refractivity contribution is 0.405. The van der Waals surface area contributed by atoms with E-state index in [-0.39, 0.29) is 5.54 Å². The van der Waals surface area contributed by atoms with E-state index in [1.165, 1.54) is 25.7 Å². The van der Waals surface area contributed by atoms with Gasteiger partial charge in [0.15, 0.2) is 5.17 Å². The number of ether oxygens (including phenoxy) is 2. The molecule has 1 fully saturated rings. The van der Waals surface area contributed by atoms with Crippen molar-refractivity contribution in [3.8, 4) is 11.5 Å². The molecule has 3 rings (SSSR count). The van der Waals surface area contributed by atoms with Crippen molar-refractivity contribution in [2.45, 2.75) is 31.2 Å². The minimum atomic E-state index is 0.194. The van der Waals surface area contributed by atoms with Crippen LogP contribution in [0, 0.1) is 0 Å². The summed E-state index contributed by atoms with van der Waals surface area (Å²) in [6.07, 6.45) is 5.06. The van der Waals surface area contributed by atoms with Gasteiger partial charge in [0, 0.05) is 11.8 Å². The third-order valence-electron chi connectivity index (χ3n) is 4.00. The highest BCUT2D eigenvalue weighted by atomic mass is 32.2. The van der Waals surface area contributed by atoms with Crippen molar-refractivity contribution in [2.75, 3.05) is 25.3 Å². The number of hydrogen-bond acceptors (Lipinski definition) is 5. The van der Waals surface area contributed by atoms with E-state index in [0.717, 1.165) is 28.1 Å². The minimum Gasteiger partial charge on any atom is -0.497 e. The van der Waals surface area contributed by atoms with Crippen molar-refractivity contribution in [1.82, 2.24) is 0 Å². The highest BCUT2D eigenvalue weighted by molar-refractivity contribution is 8.14. The Balaban J connectivity index is 1.81. The number of nitrogens with zero attached hydrogens (tertiary/aromatic N) is 1. The largest absolute Gasteiger partial charge is 0.497 e. The summed E-state index contributed by atoms with van der Waals surface area (Å²) in [7, 11) is 3.34. The van der Waals surface area contributed by atoms with Gasteiger partial charge in [-0.05, 0) is 25.0 Å². The van der Waals surface area contributed by atoms with Crippen LogP contribution in [0.5, 0.6) is 11.5 Å². The number of hydrogen-bond donors (Lipinski definition) is 1. The van der Waals surface area contributed by atoms with Crippen LogP contribution in [0.15, 0.2) is 23.2 Å². The lowest BCUT2D eigenvalue weighted by Crippen LogP contribution is -2.21. The Bertz CT molecular complexity index is 525. The molecule has 0 bridgehead atoms. The maximum atomic E-state index is 5.39. The smallest absolute Gasteiger partial charge is 0.161 e. The van der Waals surface area contributed by atoms with E-state index in [1.807, 2.05) is 30.0 Å². The van der Waals surface area contributed by atoms with E-state index in [1.54, 1.807) is 14.2 Å². The monoisotopic (exact) mass is 292 g/mol. The van der Waals surface area contributed by atoms with Gasteiger partial charge < -0.3 is 14.8 Å². The fourth-order valence-corrected chi connectivity index (χ4v) is 4.06. The van der Waals surface area contributed by atoms with Crippen LogP contribution in [0.4, 0.5) is 5.69 Å². The van der Waals surface area contributed by atoms with Crippen LogP contribution < -0.4 is 14.8 Å². The van der Waals surface area contributed by atoms with Crippen molar-refractivity contribution in [3.05, 3.63) is 18.2 Å². The van der Waals surface area contributed by atoms with Gasteiger partial charge in [0.1, 0.15) is 11.5 Å². The fraction of sp³-hybridized carbons (Fsp3) is 0.533. The zero-order chi connectivity index (χ0) is 14.0. The first-order valence-electron chi connectivity index (χ1n) is 6.96. The van der Waals surface area contributed by atoms with Gasteiger partial charge in [-0.15, -0.1) is 0 Å². The average Bonchev–Trinajstić information content (AvgIpc) is 3.09. The van der Waals surface area contributed by atoms with Crippen molar-refractivity contribution in [1.29, 1.82) is 0 Å². The van der Waals surface area contributed by atoms with Gasteiger partial charge in [0.25, 0.3) is 0 Å². The number of methoxy groups -OCH3 is 2. The Morgan fingerprint density at radius 2 is 2.00 bits per heavy atom. The SMILES string of the molecule is COc1ccc(OC)c(NC2=NC3(CCCC3)CS2)c1. The second-order valence-electron chi connectivity index (χ2n) is 5.33. The van der Waals surface area contributed by atoms with Crippen LogP contribution in [0.3, 0.4) is 0 Å². The lowest BCUT2D eigenvalue weighted by atomic mass is 10.0. The highest BCUT2D eigenvalue weighted by Crippen LogP contribution is 2.42. The molecule has 0 unspecified atom stereocenters. The Hall–Kier alpha value is -1.36. The summed E-state index contributed by atoms with van der Waals surface area (Å²) in [6.45, 7) is 0. The summed E-state index contributed by atoms with van der Waals surface area (Å²) >= 11 is 1.81. The predicted octanol–water partition coefficient (Wildman–Crippen LogP) is 3.53. The molecular formula is C15H20N2O2S. The maximum absolute atomic E-state index is 5.39. The Labute approximate surface area is 123 Å². The first kappa shape index (κ1) is 13.6. The third-order valence-corrected chi connectivity index (χ3v) is 5.15. The lowest BCUT2D eigenvalue weighted by Gasteiger charge is -2.16. The van der Waals surface area contributed by atoms with Gasteiger partial charge in [-0.25, -0.2) is 0 Å². The normalized spacial score (nSPS) is 20.0. The summed E-state index contributed by atoms with van der Waals surface area (Å²) in [5.74, 6) is 2.72. The average molecular weight is 292 g/mol. The van der Waals surface area contributed by atoms with Crippen LogP contribution in [0.2, 0.25) is 0 Å². The Kier molecular flexibility index (Phi) is 3.78. The second-order valence-corrected chi connectivity index (χ2v) is 6.29. The molecule has 1 saturated carbocycles. The zero-order valence-electron chi connectivity index (χ0n) is 11.9. The van der Waals surface area contributed by atoms with E-state index in [4.69, 9.17) is 14.5 Å². The second kappa shape index (κ2) is 5.56. The molecule has 1 heterocycles. The van der Waals surface area contributed by atoms with Gasteiger partial charge in [-0.1, -0.05) is 24.6 Å². The van der Waals surface area contributed by atoms with Crippen LogP contribution in [0.25, 0.3) is 0 Å². The third kappa shape index (κ3) is 2.59. The molecule has 1 spiro atoms. The first-order valence-corrected chi connectivity index (χ1v) is 7.95. The van der Waals surface area contributed by atoms with Gasteiger partial charge in [-0.2, -0.15) is 0 Å². The summed E-state index contributed by atoms with van der Waals surface area (Å²) < 4.78 is 10.7. The first-order chi connectivity index (χ1) is 9.74. The van der Waals surface area contributed by atoms with Crippen molar-refractivity contribution in [3.63, 3.8) is 0 Å². The molecule has 2 aliphatic rings. The van der Waals surface area contributed by atoms with Gasteiger partial charge >= 0.3 is 0 Å². The molecule has 0 radical (unpaired) electrons. The fourth-order valence-electron chi connectivity index (χ4n) is 2.86. The number of thioether (sulfide) groups is 1.